The van der Waals surface area contributed by atoms with Gasteiger partial charge in [-0.25, -0.2) is 0 Å². The Morgan fingerprint density at radius 3 is 2.75 bits per heavy atom. The van der Waals surface area contributed by atoms with Gasteiger partial charge in [0, 0.05) is 0 Å². The van der Waals surface area contributed by atoms with E-state index in [-0.39, 0.29) is 11.0 Å². The molecular formula is C6H8N2OS3. The third-order valence-corrected chi connectivity index (χ3v) is 3.64. The van der Waals surface area contributed by atoms with Gasteiger partial charge < -0.3 is 0 Å². The summed E-state index contributed by atoms with van der Waals surface area (Å²) in [5.41, 5.74) is 0. The number of Topliss-reactive ketones (excluding diaryl/α,β-unsaturated/α-hetero) is 1. The highest BCUT2D eigenvalue weighted by Gasteiger charge is 2.11. The highest BCUT2D eigenvalue weighted by molar-refractivity contribution is 8.02. The number of thiol groups is 1. The van der Waals surface area contributed by atoms with E-state index < -0.39 is 0 Å². The molecule has 1 aromatic rings. The van der Waals surface area contributed by atoms with Crippen molar-refractivity contribution in [2.75, 3.05) is 0 Å². The molecule has 0 aliphatic rings. The fraction of sp³-hybridized carbons (Fsp3) is 0.500. The Hall–Kier alpha value is -0.0700. The Labute approximate surface area is 84.4 Å². The van der Waals surface area contributed by atoms with Gasteiger partial charge in [0.1, 0.15) is 5.78 Å². The minimum Gasteiger partial charge on any atom is -0.299 e. The number of ketones is 1. The van der Waals surface area contributed by atoms with E-state index in [0.29, 0.717) is 4.34 Å². The second-order valence-electron chi connectivity index (χ2n) is 2.22. The lowest BCUT2D eigenvalue weighted by atomic mass is 10.3. The number of aromatic nitrogens is 2. The van der Waals surface area contributed by atoms with Crippen LogP contribution in [0.4, 0.5) is 0 Å². The quantitative estimate of drug-likeness (QED) is 0.624. The van der Waals surface area contributed by atoms with Crippen LogP contribution in [0.1, 0.15) is 13.8 Å². The van der Waals surface area contributed by atoms with Crippen LogP contribution in [0.5, 0.6) is 0 Å². The Morgan fingerprint density at radius 1 is 1.67 bits per heavy atom. The molecule has 0 aliphatic carbocycles. The monoisotopic (exact) mass is 220 g/mol. The van der Waals surface area contributed by atoms with E-state index in [1.165, 1.54) is 23.1 Å². The van der Waals surface area contributed by atoms with E-state index in [1.54, 1.807) is 6.92 Å². The fourth-order valence-electron chi connectivity index (χ4n) is 0.484. The third kappa shape index (κ3) is 2.76. The summed E-state index contributed by atoms with van der Waals surface area (Å²) in [5.74, 6) is 0.149. The van der Waals surface area contributed by atoms with Crippen molar-refractivity contribution in [1.29, 1.82) is 0 Å². The molecule has 0 N–H and O–H groups in total. The molecule has 0 amide bonds. The predicted octanol–water partition coefficient (Wildman–Crippen LogP) is 1.90. The molecule has 1 heterocycles. The normalized spacial score (nSPS) is 12.9. The zero-order valence-corrected chi connectivity index (χ0v) is 9.17. The number of rotatable bonds is 3. The van der Waals surface area contributed by atoms with Crippen molar-refractivity contribution in [3.05, 3.63) is 0 Å². The number of thioether (sulfide) groups is 1. The number of carbonyl (C=O) groups excluding carboxylic acids is 1. The lowest BCUT2D eigenvalue weighted by Crippen LogP contribution is -2.07. The van der Waals surface area contributed by atoms with Crippen molar-refractivity contribution in [2.45, 2.75) is 27.8 Å². The molecule has 0 bridgehead atoms. The first-order valence-electron chi connectivity index (χ1n) is 3.29. The van der Waals surface area contributed by atoms with E-state index in [2.05, 4.69) is 22.8 Å². The van der Waals surface area contributed by atoms with Crippen molar-refractivity contribution >= 4 is 41.5 Å². The van der Waals surface area contributed by atoms with Gasteiger partial charge in [0.05, 0.1) is 5.25 Å². The average Bonchev–Trinajstić information content (AvgIpc) is 2.35. The predicted molar refractivity (Wildman–Crippen MR) is 53.2 cm³/mol. The van der Waals surface area contributed by atoms with Crippen molar-refractivity contribution < 1.29 is 4.79 Å². The number of nitrogens with zero attached hydrogens (tertiary/aromatic N) is 2. The van der Waals surface area contributed by atoms with Gasteiger partial charge in [0.2, 0.25) is 0 Å². The van der Waals surface area contributed by atoms with Crippen LogP contribution in [-0.4, -0.2) is 21.2 Å². The van der Waals surface area contributed by atoms with E-state index in [0.717, 1.165) is 4.34 Å². The second kappa shape index (κ2) is 4.25. The van der Waals surface area contributed by atoms with E-state index >= 15 is 0 Å². The maximum atomic E-state index is 10.9. The molecule has 66 valence electrons. The first-order valence-corrected chi connectivity index (χ1v) is 5.43. The van der Waals surface area contributed by atoms with Crippen LogP contribution in [0.15, 0.2) is 8.68 Å². The van der Waals surface area contributed by atoms with Crippen molar-refractivity contribution in [2.24, 2.45) is 0 Å². The number of hydrogen-bond donors (Lipinski definition) is 1. The van der Waals surface area contributed by atoms with Gasteiger partial charge in [-0.05, 0) is 13.8 Å². The first kappa shape index (κ1) is 10.0. The van der Waals surface area contributed by atoms with Gasteiger partial charge in [-0.15, -0.1) is 22.8 Å². The molecule has 12 heavy (non-hydrogen) atoms. The van der Waals surface area contributed by atoms with Crippen LogP contribution in [-0.2, 0) is 4.79 Å². The molecule has 0 saturated heterocycles. The maximum absolute atomic E-state index is 10.9. The summed E-state index contributed by atoms with van der Waals surface area (Å²) in [6.45, 7) is 3.42. The lowest BCUT2D eigenvalue weighted by molar-refractivity contribution is -0.116. The Bertz CT molecular complexity index is 286. The molecule has 1 aromatic heterocycles. The largest absolute Gasteiger partial charge is 0.299 e. The molecule has 0 saturated carbocycles. The van der Waals surface area contributed by atoms with Crippen LogP contribution < -0.4 is 0 Å². The Morgan fingerprint density at radius 2 is 2.33 bits per heavy atom. The molecular weight excluding hydrogens is 212 g/mol. The molecule has 0 spiro atoms. The van der Waals surface area contributed by atoms with Gasteiger partial charge in [-0.3, -0.25) is 4.79 Å². The molecule has 0 radical (unpaired) electrons. The van der Waals surface area contributed by atoms with Gasteiger partial charge in [-0.1, -0.05) is 23.1 Å². The topological polar surface area (TPSA) is 42.9 Å². The van der Waals surface area contributed by atoms with Crippen LogP contribution in [0.2, 0.25) is 0 Å². The molecule has 1 rings (SSSR count). The van der Waals surface area contributed by atoms with Gasteiger partial charge in [0.15, 0.2) is 8.68 Å². The van der Waals surface area contributed by atoms with Gasteiger partial charge in [0.25, 0.3) is 0 Å². The smallest absolute Gasteiger partial charge is 0.175 e. The summed E-state index contributed by atoms with van der Waals surface area (Å²) in [7, 11) is 0. The van der Waals surface area contributed by atoms with E-state index in [4.69, 9.17) is 0 Å². The highest BCUT2D eigenvalue weighted by Crippen LogP contribution is 2.27. The van der Waals surface area contributed by atoms with Crippen molar-refractivity contribution in [3.63, 3.8) is 0 Å². The average molecular weight is 220 g/mol. The lowest BCUT2D eigenvalue weighted by Gasteiger charge is -2.01. The fourth-order valence-corrected chi connectivity index (χ4v) is 2.71. The zero-order valence-electron chi connectivity index (χ0n) is 6.64. The minimum absolute atomic E-state index is 0.0503. The van der Waals surface area contributed by atoms with Crippen LogP contribution >= 0.6 is 35.7 Å². The van der Waals surface area contributed by atoms with Crippen molar-refractivity contribution in [1.82, 2.24) is 10.2 Å². The summed E-state index contributed by atoms with van der Waals surface area (Å²) in [6.07, 6.45) is 0. The summed E-state index contributed by atoms with van der Waals surface area (Å²) < 4.78 is 1.43. The second-order valence-corrected chi connectivity index (χ2v) is 5.51. The SMILES string of the molecule is CC(=O)C(C)Sc1nnc(S)s1. The Balaban J connectivity index is 2.58. The summed E-state index contributed by atoms with van der Waals surface area (Å²) >= 11 is 6.83. The van der Waals surface area contributed by atoms with E-state index in [1.807, 2.05) is 6.92 Å². The first-order chi connectivity index (χ1) is 5.59. The highest BCUT2D eigenvalue weighted by atomic mass is 32.2. The van der Waals surface area contributed by atoms with Gasteiger partial charge >= 0.3 is 0 Å². The zero-order chi connectivity index (χ0) is 9.14. The molecule has 0 aliphatic heterocycles. The molecule has 0 fully saturated rings. The minimum atomic E-state index is -0.0503. The van der Waals surface area contributed by atoms with Crippen LogP contribution in [0.25, 0.3) is 0 Å². The summed E-state index contributed by atoms with van der Waals surface area (Å²) in [5, 5.41) is 7.52. The van der Waals surface area contributed by atoms with Crippen LogP contribution in [0, 0.1) is 0 Å². The van der Waals surface area contributed by atoms with Gasteiger partial charge in [-0.2, -0.15) is 0 Å². The molecule has 1 unspecified atom stereocenters. The summed E-state index contributed by atoms with van der Waals surface area (Å²) in [4.78, 5) is 10.9. The molecule has 6 heteroatoms. The number of carbonyl (C=O) groups is 1. The maximum Gasteiger partial charge on any atom is 0.175 e. The standard InChI is InChI=1S/C6H8N2OS3/c1-3(9)4(2)11-6-8-7-5(10)12-6/h4H,1-2H3,(H,7,10). The molecule has 0 aromatic carbocycles. The van der Waals surface area contributed by atoms with Crippen LogP contribution in [0.3, 0.4) is 0 Å². The van der Waals surface area contributed by atoms with Crippen molar-refractivity contribution in [3.8, 4) is 0 Å². The summed E-state index contributed by atoms with van der Waals surface area (Å²) in [6, 6.07) is 0. The third-order valence-electron chi connectivity index (χ3n) is 1.25. The van der Waals surface area contributed by atoms with E-state index in [9.17, 15) is 4.79 Å². The molecule has 1 atom stereocenters. The Kier molecular flexibility index (Phi) is 3.54. The number of hydrogen-bond acceptors (Lipinski definition) is 6. The molecule has 3 nitrogen and oxygen atoms in total.